The van der Waals surface area contributed by atoms with E-state index in [4.69, 9.17) is 28.3 Å². The van der Waals surface area contributed by atoms with Crippen LogP contribution in [0, 0.1) is 5.41 Å². The van der Waals surface area contributed by atoms with Crippen molar-refractivity contribution in [2.45, 2.75) is 43.7 Å². The van der Waals surface area contributed by atoms with E-state index in [1.54, 1.807) is 12.1 Å². The summed E-state index contributed by atoms with van der Waals surface area (Å²) in [4.78, 5) is 44.0. The van der Waals surface area contributed by atoms with Gasteiger partial charge < -0.3 is 33.6 Å². The standard InChI is InChI=1S/C35H40N8O3/c36-31(37)25-14-12-23(13-15-25)19-28(27-17-16-24-9-4-5-10-26(24)21-27)33(45)43-30(20-22-7-2-1-3-8-22)34(46)42-29(32(38)44)11-6-18-41-35(39)40/h1-5,7-10,12-17,21,28-30H,6,11,18-20H2,(H3,36,37)(H2,38,44)(H,42,46)(H,43,45)(H4,39,40,41)/t28-,29+,30+/m1/s1. The second-order valence-electron chi connectivity index (χ2n) is 11.1. The number of nitrogens with two attached hydrogens (primary N) is 4. The molecule has 4 aromatic rings. The van der Waals surface area contributed by atoms with Crippen LogP contribution in [0.3, 0.4) is 0 Å². The molecule has 4 aromatic carbocycles. The van der Waals surface area contributed by atoms with Gasteiger partial charge in [0.05, 0.1) is 5.92 Å². The van der Waals surface area contributed by atoms with Crippen LogP contribution in [-0.2, 0) is 27.2 Å². The molecule has 0 heterocycles. The molecule has 0 saturated carbocycles. The lowest BCUT2D eigenvalue weighted by Crippen LogP contribution is -2.54. The Bertz CT molecular complexity index is 1700. The van der Waals surface area contributed by atoms with Gasteiger partial charge >= 0.3 is 0 Å². The quantitative estimate of drug-likeness (QED) is 0.0600. The fraction of sp³-hybridized carbons (Fsp3) is 0.229. The maximum Gasteiger partial charge on any atom is 0.243 e. The van der Waals surface area contributed by atoms with E-state index >= 15 is 0 Å². The van der Waals surface area contributed by atoms with E-state index in [1.165, 1.54) is 0 Å². The number of amides is 3. The van der Waals surface area contributed by atoms with Crippen LogP contribution >= 0.6 is 0 Å². The van der Waals surface area contributed by atoms with Crippen molar-refractivity contribution in [3.8, 4) is 0 Å². The highest BCUT2D eigenvalue weighted by Gasteiger charge is 2.29. The van der Waals surface area contributed by atoms with E-state index in [2.05, 4.69) is 15.6 Å². The zero-order chi connectivity index (χ0) is 33.1. The Labute approximate surface area is 267 Å². The van der Waals surface area contributed by atoms with Gasteiger partial charge in [0.2, 0.25) is 17.7 Å². The highest BCUT2D eigenvalue weighted by Crippen LogP contribution is 2.26. The Morgan fingerprint density at radius 1 is 0.696 bits per heavy atom. The van der Waals surface area contributed by atoms with E-state index < -0.39 is 29.8 Å². The Hall–Kier alpha value is -5.71. The van der Waals surface area contributed by atoms with Gasteiger partial charge in [-0.25, -0.2) is 0 Å². The zero-order valence-electron chi connectivity index (χ0n) is 25.5. The van der Waals surface area contributed by atoms with Crippen LogP contribution in [0.15, 0.2) is 102 Å². The van der Waals surface area contributed by atoms with Crippen molar-refractivity contribution in [1.29, 1.82) is 5.41 Å². The summed E-state index contributed by atoms with van der Waals surface area (Å²) in [7, 11) is 0. The molecule has 46 heavy (non-hydrogen) atoms. The first-order valence-corrected chi connectivity index (χ1v) is 15.0. The first kappa shape index (κ1) is 33.2. The number of nitrogen functional groups attached to an aromatic ring is 1. The number of aliphatic imine (C=N–C) groups is 1. The number of nitrogens with one attached hydrogen (secondary N) is 3. The van der Waals surface area contributed by atoms with Gasteiger partial charge in [-0.2, -0.15) is 0 Å². The minimum Gasteiger partial charge on any atom is -0.384 e. The number of benzene rings is 4. The molecule has 0 unspecified atom stereocenters. The lowest BCUT2D eigenvalue weighted by Gasteiger charge is -2.25. The van der Waals surface area contributed by atoms with Crippen LogP contribution in [0.4, 0.5) is 0 Å². The van der Waals surface area contributed by atoms with Gasteiger partial charge in [0.1, 0.15) is 17.9 Å². The van der Waals surface area contributed by atoms with E-state index in [0.29, 0.717) is 18.4 Å². The molecule has 238 valence electrons. The molecule has 0 saturated heterocycles. The normalized spacial score (nSPS) is 12.8. The summed E-state index contributed by atoms with van der Waals surface area (Å²) in [5.74, 6) is -2.37. The lowest BCUT2D eigenvalue weighted by molar-refractivity contribution is -0.131. The van der Waals surface area contributed by atoms with Crippen molar-refractivity contribution in [1.82, 2.24) is 10.6 Å². The molecule has 0 fully saturated rings. The molecule has 0 spiro atoms. The number of hydrogen-bond acceptors (Lipinski definition) is 5. The number of primary amides is 1. The van der Waals surface area contributed by atoms with Crippen molar-refractivity contribution in [2.24, 2.45) is 27.9 Å². The fourth-order valence-corrected chi connectivity index (χ4v) is 5.24. The van der Waals surface area contributed by atoms with Crippen molar-refractivity contribution in [3.63, 3.8) is 0 Å². The molecule has 11 N–H and O–H groups in total. The zero-order valence-corrected chi connectivity index (χ0v) is 25.5. The molecule has 0 bridgehead atoms. The first-order valence-electron chi connectivity index (χ1n) is 15.0. The number of nitrogens with zero attached hydrogens (tertiary/aromatic N) is 1. The average molecular weight is 621 g/mol. The second kappa shape index (κ2) is 15.8. The monoisotopic (exact) mass is 620 g/mol. The molecule has 0 aliphatic heterocycles. The highest BCUT2D eigenvalue weighted by molar-refractivity contribution is 5.95. The van der Waals surface area contributed by atoms with Crippen LogP contribution in [-0.4, -0.2) is 48.1 Å². The van der Waals surface area contributed by atoms with Crippen LogP contribution in [0.5, 0.6) is 0 Å². The van der Waals surface area contributed by atoms with E-state index in [1.807, 2.05) is 84.9 Å². The van der Waals surface area contributed by atoms with Gasteiger partial charge in [-0.3, -0.25) is 24.8 Å². The largest absolute Gasteiger partial charge is 0.384 e. The summed E-state index contributed by atoms with van der Waals surface area (Å²) in [6.07, 6.45) is 1.15. The van der Waals surface area contributed by atoms with Gasteiger partial charge in [-0.15, -0.1) is 0 Å². The Kier molecular flexibility index (Phi) is 11.4. The molecular formula is C35H40N8O3. The second-order valence-corrected chi connectivity index (χ2v) is 11.1. The molecule has 0 aliphatic carbocycles. The summed E-state index contributed by atoms with van der Waals surface area (Å²) >= 11 is 0. The Morgan fingerprint density at radius 3 is 1.98 bits per heavy atom. The number of guanidine groups is 1. The molecule has 3 atom stereocenters. The summed E-state index contributed by atoms with van der Waals surface area (Å²) in [5, 5.41) is 15.4. The number of fused-ring (bicyclic) bond motifs is 1. The molecule has 3 amide bonds. The van der Waals surface area contributed by atoms with Crippen molar-refractivity contribution >= 4 is 40.3 Å². The predicted molar refractivity (Wildman–Crippen MR) is 181 cm³/mol. The smallest absolute Gasteiger partial charge is 0.243 e. The van der Waals surface area contributed by atoms with Crippen molar-refractivity contribution < 1.29 is 14.4 Å². The van der Waals surface area contributed by atoms with Gasteiger partial charge in [-0.05, 0) is 46.7 Å². The third-order valence-electron chi connectivity index (χ3n) is 7.72. The molecule has 4 rings (SSSR count). The molecule has 0 aromatic heterocycles. The maximum atomic E-state index is 14.2. The molecule has 0 radical (unpaired) electrons. The lowest BCUT2D eigenvalue weighted by atomic mass is 9.89. The number of carbonyl (C=O) groups excluding carboxylic acids is 3. The van der Waals surface area contributed by atoms with Gasteiger partial charge in [0.15, 0.2) is 5.96 Å². The number of carbonyl (C=O) groups is 3. The van der Waals surface area contributed by atoms with Crippen molar-refractivity contribution in [3.05, 3.63) is 119 Å². The third kappa shape index (κ3) is 9.39. The Balaban J connectivity index is 1.62. The SMILES string of the molecule is N=C(N)c1ccc(C[C@@H](C(=O)N[C@@H](Cc2ccccc2)C(=O)N[C@@H](CCCN=C(N)N)C(N)=O)c2ccc3ccccc3c2)cc1. The summed E-state index contributed by atoms with van der Waals surface area (Å²) in [6, 6.07) is 28.2. The summed E-state index contributed by atoms with van der Waals surface area (Å²) < 4.78 is 0. The molecular weight excluding hydrogens is 580 g/mol. The molecule has 11 nitrogen and oxygen atoms in total. The van der Waals surface area contributed by atoms with Crippen LogP contribution in [0.25, 0.3) is 10.8 Å². The number of rotatable bonds is 15. The predicted octanol–water partition coefficient (Wildman–Crippen LogP) is 2.20. The average Bonchev–Trinajstić information content (AvgIpc) is 3.04. The van der Waals surface area contributed by atoms with E-state index in [9.17, 15) is 14.4 Å². The summed E-state index contributed by atoms with van der Waals surface area (Å²) in [6.45, 7) is 0.271. The third-order valence-corrected chi connectivity index (χ3v) is 7.72. The topological polar surface area (TPSA) is 216 Å². The molecule has 11 heteroatoms. The van der Waals surface area contributed by atoms with Crippen LogP contribution < -0.4 is 33.6 Å². The minimum atomic E-state index is -1.00. The Morgan fingerprint density at radius 2 is 1.33 bits per heavy atom. The summed E-state index contributed by atoms with van der Waals surface area (Å²) in [5.41, 5.74) is 25.1. The molecule has 0 aliphatic rings. The fourth-order valence-electron chi connectivity index (χ4n) is 5.24. The number of amidine groups is 1. The number of hydrogen-bond donors (Lipinski definition) is 7. The van der Waals surface area contributed by atoms with Crippen molar-refractivity contribution in [2.75, 3.05) is 6.54 Å². The maximum absolute atomic E-state index is 14.2. The van der Waals surface area contributed by atoms with Gasteiger partial charge in [0.25, 0.3) is 0 Å². The minimum absolute atomic E-state index is 0.0457. The first-order chi connectivity index (χ1) is 22.1. The highest BCUT2D eigenvalue weighted by atomic mass is 16.2. The van der Waals surface area contributed by atoms with Gasteiger partial charge in [-0.1, -0.05) is 97.1 Å². The van der Waals surface area contributed by atoms with E-state index in [-0.39, 0.29) is 37.1 Å². The van der Waals surface area contributed by atoms with Crippen LogP contribution in [0.2, 0.25) is 0 Å². The van der Waals surface area contributed by atoms with E-state index in [0.717, 1.165) is 27.5 Å². The van der Waals surface area contributed by atoms with Crippen LogP contribution in [0.1, 0.15) is 41.0 Å². The van der Waals surface area contributed by atoms with Gasteiger partial charge in [0, 0.05) is 18.5 Å².